The van der Waals surface area contributed by atoms with Gasteiger partial charge in [-0.2, -0.15) is 0 Å². The Hall–Kier alpha value is -3.64. The third-order valence-corrected chi connectivity index (χ3v) is 6.07. The van der Waals surface area contributed by atoms with Crippen LogP contribution in [-0.2, 0) is 16.0 Å². The van der Waals surface area contributed by atoms with Crippen LogP contribution >= 0.6 is 0 Å². The van der Waals surface area contributed by atoms with Crippen LogP contribution in [0, 0.1) is 5.41 Å². The Labute approximate surface area is 203 Å². The van der Waals surface area contributed by atoms with Crippen molar-refractivity contribution in [2.75, 3.05) is 26.2 Å². The van der Waals surface area contributed by atoms with Crippen LogP contribution in [0.3, 0.4) is 0 Å². The lowest BCUT2D eigenvalue weighted by Gasteiger charge is -2.39. The van der Waals surface area contributed by atoms with Gasteiger partial charge in [0, 0.05) is 19.6 Å². The highest BCUT2D eigenvalue weighted by atomic mass is 16.3. The Morgan fingerprint density at radius 2 is 1.94 bits per heavy atom. The number of nitrogens with zero attached hydrogens (tertiary/aromatic N) is 2. The fourth-order valence-corrected chi connectivity index (χ4v) is 4.19. The molecule has 0 saturated carbocycles. The summed E-state index contributed by atoms with van der Waals surface area (Å²) >= 11 is 0. The highest BCUT2D eigenvalue weighted by Gasteiger charge is 2.38. The van der Waals surface area contributed by atoms with Gasteiger partial charge in [-0.3, -0.25) is 15.0 Å². The van der Waals surface area contributed by atoms with Gasteiger partial charge in [-0.05, 0) is 24.8 Å². The molecule has 0 radical (unpaired) electrons. The van der Waals surface area contributed by atoms with E-state index in [0.717, 1.165) is 5.56 Å². The molecule has 1 aromatic carbocycles. The lowest BCUT2D eigenvalue weighted by Crippen LogP contribution is -2.61. The molecular weight excluding hydrogens is 454 g/mol. The first kappa shape index (κ1) is 26.0. The lowest BCUT2D eigenvalue weighted by atomic mass is 10.0. The highest BCUT2D eigenvalue weighted by molar-refractivity contribution is 5.94. The molecule has 4 unspecified atom stereocenters. The molecule has 1 aromatic rings. The standard InChI is InChI=1S/C23H33N7O5/c24-22(25)30-13-4-8-16(20(30)33)27-19(32)18-9-5-12-29(18)21(34)17(14-31)28-23(35)26-11-10-15-6-2-1-3-7-15/h1-3,5-7,9,16-18,20,31,33H,4,8,10-14H2,(H3,24,25)(H,27,32)(H2,26,28,35). The van der Waals surface area contributed by atoms with E-state index in [9.17, 15) is 24.6 Å². The fourth-order valence-electron chi connectivity index (χ4n) is 4.19. The number of aliphatic hydroxyl groups is 2. The average molecular weight is 488 g/mol. The third-order valence-electron chi connectivity index (χ3n) is 6.07. The minimum Gasteiger partial charge on any atom is -0.394 e. The maximum atomic E-state index is 13.0. The van der Waals surface area contributed by atoms with Gasteiger partial charge in [0.2, 0.25) is 11.8 Å². The van der Waals surface area contributed by atoms with E-state index in [-0.39, 0.29) is 12.5 Å². The van der Waals surface area contributed by atoms with Crippen LogP contribution in [0.15, 0.2) is 42.5 Å². The number of hydrogen-bond acceptors (Lipinski definition) is 6. The third kappa shape index (κ3) is 6.70. The second-order valence-corrected chi connectivity index (χ2v) is 8.48. The number of nitrogens with one attached hydrogen (secondary N) is 4. The molecule has 8 N–H and O–H groups in total. The molecule has 12 heteroatoms. The van der Waals surface area contributed by atoms with Crippen molar-refractivity contribution in [2.45, 2.75) is 43.6 Å². The smallest absolute Gasteiger partial charge is 0.315 e. The predicted octanol–water partition coefficient (Wildman–Crippen LogP) is -1.55. The van der Waals surface area contributed by atoms with E-state index in [0.29, 0.717) is 32.4 Å². The van der Waals surface area contributed by atoms with Crippen molar-refractivity contribution in [2.24, 2.45) is 5.73 Å². The number of aliphatic hydroxyl groups excluding tert-OH is 2. The molecule has 3 rings (SSSR count). The summed E-state index contributed by atoms with van der Waals surface area (Å²) in [5.74, 6) is -1.40. The van der Waals surface area contributed by atoms with Gasteiger partial charge in [-0.15, -0.1) is 0 Å². The van der Waals surface area contributed by atoms with E-state index in [1.54, 1.807) is 12.2 Å². The molecule has 12 nitrogen and oxygen atoms in total. The molecule has 190 valence electrons. The van der Waals surface area contributed by atoms with Crippen LogP contribution in [0.2, 0.25) is 0 Å². The Kier molecular flexibility index (Phi) is 9.04. The molecule has 35 heavy (non-hydrogen) atoms. The molecular formula is C23H33N7O5. The summed E-state index contributed by atoms with van der Waals surface area (Å²) in [7, 11) is 0. The topological polar surface area (TPSA) is 184 Å². The van der Waals surface area contributed by atoms with Gasteiger partial charge in [-0.1, -0.05) is 42.5 Å². The fraction of sp³-hybridized carbons (Fsp3) is 0.478. The number of carbonyl (C=O) groups is 3. The number of hydrogen-bond donors (Lipinski definition) is 7. The van der Waals surface area contributed by atoms with E-state index in [1.807, 2.05) is 30.3 Å². The van der Waals surface area contributed by atoms with Gasteiger partial charge < -0.3 is 41.7 Å². The number of amides is 4. The van der Waals surface area contributed by atoms with Gasteiger partial charge in [0.25, 0.3) is 0 Å². The van der Waals surface area contributed by atoms with Crippen LogP contribution in [0.25, 0.3) is 0 Å². The van der Waals surface area contributed by atoms with Gasteiger partial charge in [0.05, 0.1) is 12.6 Å². The maximum absolute atomic E-state index is 13.0. The minimum absolute atomic E-state index is 0.136. The van der Waals surface area contributed by atoms with Crippen molar-refractivity contribution < 1.29 is 24.6 Å². The van der Waals surface area contributed by atoms with Gasteiger partial charge >= 0.3 is 6.03 Å². The summed E-state index contributed by atoms with van der Waals surface area (Å²) in [4.78, 5) is 40.8. The summed E-state index contributed by atoms with van der Waals surface area (Å²) in [6.07, 6.45) is 3.78. The van der Waals surface area contributed by atoms with Crippen molar-refractivity contribution in [3.05, 3.63) is 48.0 Å². The van der Waals surface area contributed by atoms with E-state index >= 15 is 0 Å². The van der Waals surface area contributed by atoms with Crippen molar-refractivity contribution in [3.8, 4) is 0 Å². The van der Waals surface area contributed by atoms with Crippen LogP contribution in [0.5, 0.6) is 0 Å². The first-order valence-corrected chi connectivity index (χ1v) is 11.6. The van der Waals surface area contributed by atoms with Crippen LogP contribution in [0.1, 0.15) is 18.4 Å². The average Bonchev–Trinajstić information content (AvgIpc) is 3.34. The molecule has 4 amide bonds. The van der Waals surface area contributed by atoms with Gasteiger partial charge in [0.15, 0.2) is 5.96 Å². The maximum Gasteiger partial charge on any atom is 0.315 e. The Bertz CT molecular complexity index is 941. The molecule has 0 spiro atoms. The Morgan fingerprint density at radius 3 is 2.63 bits per heavy atom. The molecule has 4 atom stereocenters. The summed E-state index contributed by atoms with van der Waals surface area (Å²) in [6, 6.07) is 6.14. The van der Waals surface area contributed by atoms with Crippen LogP contribution in [-0.4, -0.2) is 94.4 Å². The van der Waals surface area contributed by atoms with E-state index in [1.165, 1.54) is 9.80 Å². The number of guanidine groups is 1. The molecule has 2 aliphatic heterocycles. The van der Waals surface area contributed by atoms with E-state index in [2.05, 4.69) is 16.0 Å². The van der Waals surface area contributed by atoms with Gasteiger partial charge in [-0.25, -0.2) is 4.79 Å². The first-order valence-electron chi connectivity index (χ1n) is 11.6. The normalized spacial score (nSPS) is 22.4. The Balaban J connectivity index is 1.53. The molecule has 0 aromatic heterocycles. The summed E-state index contributed by atoms with van der Waals surface area (Å²) in [6.45, 7) is 0.260. The molecule has 0 bridgehead atoms. The number of piperidine rings is 1. The molecule has 2 heterocycles. The first-order chi connectivity index (χ1) is 16.8. The van der Waals surface area contributed by atoms with Crippen molar-refractivity contribution in [3.63, 3.8) is 0 Å². The summed E-state index contributed by atoms with van der Waals surface area (Å²) in [5, 5.41) is 35.6. The zero-order valence-electron chi connectivity index (χ0n) is 19.4. The second-order valence-electron chi connectivity index (χ2n) is 8.48. The highest BCUT2D eigenvalue weighted by Crippen LogP contribution is 2.18. The monoisotopic (exact) mass is 487 g/mol. The van der Waals surface area contributed by atoms with E-state index < -0.39 is 48.8 Å². The van der Waals surface area contributed by atoms with Gasteiger partial charge in [0.1, 0.15) is 18.3 Å². The summed E-state index contributed by atoms with van der Waals surface area (Å²) in [5.41, 5.74) is 6.54. The van der Waals surface area contributed by atoms with E-state index in [4.69, 9.17) is 11.1 Å². The molecule has 2 aliphatic rings. The molecule has 1 fully saturated rings. The quantitative estimate of drug-likeness (QED) is 0.131. The van der Waals surface area contributed by atoms with Crippen LogP contribution < -0.4 is 21.7 Å². The zero-order chi connectivity index (χ0) is 25.4. The van der Waals surface area contributed by atoms with Crippen LogP contribution in [0.4, 0.5) is 4.79 Å². The van der Waals surface area contributed by atoms with Crippen molar-refractivity contribution >= 4 is 23.8 Å². The molecule has 1 saturated heterocycles. The van der Waals surface area contributed by atoms with Crippen molar-refractivity contribution in [1.29, 1.82) is 5.41 Å². The number of urea groups is 1. The zero-order valence-corrected chi connectivity index (χ0v) is 19.4. The largest absolute Gasteiger partial charge is 0.394 e. The van der Waals surface area contributed by atoms with Crippen molar-refractivity contribution in [1.82, 2.24) is 25.8 Å². The predicted molar refractivity (Wildman–Crippen MR) is 128 cm³/mol. The number of benzene rings is 1. The Morgan fingerprint density at radius 1 is 1.20 bits per heavy atom. The number of nitrogens with two attached hydrogens (primary N) is 1. The summed E-state index contributed by atoms with van der Waals surface area (Å²) < 4.78 is 0. The number of carbonyl (C=O) groups excluding carboxylic acids is 3. The minimum atomic E-state index is -1.23. The molecule has 0 aliphatic carbocycles. The second kappa shape index (κ2) is 12.2. The SMILES string of the molecule is N=C(N)N1CCCC(NC(=O)C2C=CCN2C(=O)C(CO)NC(=O)NCCc2ccccc2)C1O. The lowest BCUT2D eigenvalue weighted by molar-refractivity contribution is -0.140. The number of rotatable bonds is 8. The number of likely N-dealkylation sites (tertiary alicyclic amines) is 1.